The fourth-order valence-corrected chi connectivity index (χ4v) is 4.47. The molecule has 1 atom stereocenters. The van der Waals surface area contributed by atoms with Gasteiger partial charge in [0.05, 0.1) is 11.4 Å². The van der Waals surface area contributed by atoms with E-state index in [9.17, 15) is 23.1 Å². The van der Waals surface area contributed by atoms with Crippen LogP contribution < -0.4 is 9.62 Å². The molecule has 1 aromatic carbocycles. The number of benzene rings is 1. The number of sulfonamides is 1. The molecule has 0 aliphatic carbocycles. The van der Waals surface area contributed by atoms with Crippen molar-refractivity contribution in [3.63, 3.8) is 0 Å². The average molecular weight is 368 g/mol. The van der Waals surface area contributed by atoms with E-state index in [-0.39, 0.29) is 11.7 Å². The summed E-state index contributed by atoms with van der Waals surface area (Å²) < 4.78 is 25.3. The maximum Gasteiger partial charge on any atom is 0.326 e. The largest absolute Gasteiger partial charge is 0.480 e. The summed E-state index contributed by atoms with van der Waals surface area (Å²) in [6.07, 6.45) is 0.920. The predicted molar refractivity (Wildman–Crippen MR) is 95.3 cm³/mol. The molecule has 0 bridgehead atoms. The molecule has 7 nitrogen and oxygen atoms in total. The van der Waals surface area contributed by atoms with Crippen LogP contribution in [0.5, 0.6) is 0 Å². The first-order chi connectivity index (χ1) is 11.6. The summed E-state index contributed by atoms with van der Waals surface area (Å²) in [5.74, 6) is -1.28. The standard InChI is InChI=1S/C17H24N2O5S/c1-11(2)9-15(17(21)22)18-16(20)14-6-5-13(10-12(14)3)19-7-4-8-25(19,23)24/h5-6,10-11,15H,4,7-9H2,1-3H3,(H,18,20)(H,21,22)/t15-/m0/s1. The normalized spacial score (nSPS) is 17.5. The van der Waals surface area contributed by atoms with Gasteiger partial charge in [-0.15, -0.1) is 0 Å². The lowest BCUT2D eigenvalue weighted by Gasteiger charge is -2.20. The number of nitrogens with zero attached hydrogens (tertiary/aromatic N) is 1. The summed E-state index contributed by atoms with van der Waals surface area (Å²) in [6, 6.07) is 3.83. The van der Waals surface area contributed by atoms with Crippen molar-refractivity contribution in [2.24, 2.45) is 5.92 Å². The highest BCUT2D eigenvalue weighted by molar-refractivity contribution is 7.93. The Morgan fingerprint density at radius 2 is 2.00 bits per heavy atom. The van der Waals surface area contributed by atoms with Crippen molar-refractivity contribution in [3.8, 4) is 0 Å². The van der Waals surface area contributed by atoms with Gasteiger partial charge in [0, 0.05) is 12.1 Å². The predicted octanol–water partition coefficient (Wildman–Crippen LogP) is 1.76. The van der Waals surface area contributed by atoms with Crippen LogP contribution >= 0.6 is 0 Å². The second-order valence-electron chi connectivity index (χ2n) is 6.73. The van der Waals surface area contributed by atoms with E-state index in [0.29, 0.717) is 36.2 Å². The molecule has 2 N–H and O–H groups in total. The Hall–Kier alpha value is -2.09. The van der Waals surface area contributed by atoms with Crippen molar-refractivity contribution in [2.45, 2.75) is 39.7 Å². The lowest BCUT2D eigenvalue weighted by atomic mass is 10.0. The zero-order valence-electron chi connectivity index (χ0n) is 14.7. The molecule has 0 aromatic heterocycles. The Morgan fingerprint density at radius 1 is 1.32 bits per heavy atom. The Morgan fingerprint density at radius 3 is 2.48 bits per heavy atom. The number of aryl methyl sites for hydroxylation is 1. The third-order valence-electron chi connectivity index (χ3n) is 4.15. The summed E-state index contributed by atoms with van der Waals surface area (Å²) in [5, 5.41) is 11.8. The number of hydrogen-bond acceptors (Lipinski definition) is 4. The minimum Gasteiger partial charge on any atom is -0.480 e. The number of aliphatic carboxylic acids is 1. The fourth-order valence-electron chi connectivity index (χ4n) is 2.92. The monoisotopic (exact) mass is 368 g/mol. The molecule has 0 spiro atoms. The molecule has 8 heteroatoms. The van der Waals surface area contributed by atoms with Crippen molar-refractivity contribution in [1.82, 2.24) is 5.32 Å². The molecule has 1 saturated heterocycles. The van der Waals surface area contributed by atoms with Gasteiger partial charge in [0.1, 0.15) is 6.04 Å². The molecule has 1 aliphatic rings. The van der Waals surface area contributed by atoms with Gasteiger partial charge in [-0.05, 0) is 49.4 Å². The van der Waals surface area contributed by atoms with Crippen LogP contribution in [0.4, 0.5) is 5.69 Å². The van der Waals surface area contributed by atoms with Gasteiger partial charge in [-0.3, -0.25) is 9.10 Å². The molecule has 1 fully saturated rings. The van der Waals surface area contributed by atoms with E-state index in [1.807, 2.05) is 13.8 Å². The summed E-state index contributed by atoms with van der Waals surface area (Å²) in [6.45, 7) is 5.92. The first-order valence-corrected chi connectivity index (χ1v) is 9.87. The maximum absolute atomic E-state index is 12.4. The first kappa shape index (κ1) is 19.2. The Labute approximate surface area is 148 Å². The minimum atomic E-state index is -3.28. The number of carbonyl (C=O) groups is 2. The number of hydrogen-bond donors (Lipinski definition) is 2. The van der Waals surface area contributed by atoms with E-state index in [1.54, 1.807) is 25.1 Å². The zero-order chi connectivity index (χ0) is 18.8. The number of carbonyl (C=O) groups excluding carboxylic acids is 1. The van der Waals surface area contributed by atoms with E-state index in [1.165, 1.54) is 4.31 Å². The average Bonchev–Trinajstić information content (AvgIpc) is 2.85. The second-order valence-corrected chi connectivity index (χ2v) is 8.75. The third kappa shape index (κ3) is 4.50. The van der Waals surface area contributed by atoms with E-state index < -0.39 is 27.9 Å². The summed E-state index contributed by atoms with van der Waals surface area (Å²) >= 11 is 0. The molecular weight excluding hydrogens is 344 g/mol. The Bertz CT molecular complexity index is 773. The number of amides is 1. The van der Waals surface area contributed by atoms with Crippen LogP contribution in [0.15, 0.2) is 18.2 Å². The first-order valence-electron chi connectivity index (χ1n) is 8.26. The third-order valence-corrected chi connectivity index (χ3v) is 6.02. The quantitative estimate of drug-likeness (QED) is 0.796. The lowest BCUT2D eigenvalue weighted by Crippen LogP contribution is -2.41. The number of carboxylic acids is 1. The van der Waals surface area contributed by atoms with Gasteiger partial charge in [0.25, 0.3) is 5.91 Å². The van der Waals surface area contributed by atoms with Gasteiger partial charge in [-0.1, -0.05) is 13.8 Å². The zero-order valence-corrected chi connectivity index (χ0v) is 15.5. The summed E-state index contributed by atoms with van der Waals surface area (Å²) in [4.78, 5) is 23.7. The Kier molecular flexibility index (Phi) is 5.72. The smallest absolute Gasteiger partial charge is 0.326 e. The molecule has 0 radical (unpaired) electrons. The highest BCUT2D eigenvalue weighted by Gasteiger charge is 2.29. The second kappa shape index (κ2) is 7.43. The topological polar surface area (TPSA) is 104 Å². The van der Waals surface area contributed by atoms with Gasteiger partial charge in [0.15, 0.2) is 0 Å². The highest BCUT2D eigenvalue weighted by atomic mass is 32.2. The lowest BCUT2D eigenvalue weighted by molar-refractivity contribution is -0.139. The van der Waals surface area contributed by atoms with Crippen LogP contribution in [0.1, 0.15) is 42.6 Å². The molecular formula is C17H24N2O5S. The van der Waals surface area contributed by atoms with E-state index in [2.05, 4.69) is 5.32 Å². The van der Waals surface area contributed by atoms with Crippen LogP contribution in [0.3, 0.4) is 0 Å². The number of carboxylic acid groups (broad SMARTS) is 1. The maximum atomic E-state index is 12.4. The highest BCUT2D eigenvalue weighted by Crippen LogP contribution is 2.26. The van der Waals surface area contributed by atoms with Crippen LogP contribution in [-0.2, 0) is 14.8 Å². The van der Waals surface area contributed by atoms with Gasteiger partial charge in [-0.2, -0.15) is 0 Å². The molecule has 1 heterocycles. The molecule has 0 unspecified atom stereocenters. The van der Waals surface area contributed by atoms with Crippen LogP contribution in [0.2, 0.25) is 0 Å². The molecule has 138 valence electrons. The van der Waals surface area contributed by atoms with Gasteiger partial charge < -0.3 is 10.4 Å². The Balaban J connectivity index is 2.20. The molecule has 2 rings (SSSR count). The van der Waals surface area contributed by atoms with Crippen molar-refractivity contribution in [2.75, 3.05) is 16.6 Å². The molecule has 0 saturated carbocycles. The van der Waals surface area contributed by atoms with Crippen molar-refractivity contribution < 1.29 is 23.1 Å². The van der Waals surface area contributed by atoms with E-state index in [4.69, 9.17) is 0 Å². The van der Waals surface area contributed by atoms with Gasteiger partial charge in [0.2, 0.25) is 10.0 Å². The van der Waals surface area contributed by atoms with Crippen LogP contribution in [-0.4, -0.2) is 43.7 Å². The van der Waals surface area contributed by atoms with Crippen LogP contribution in [0, 0.1) is 12.8 Å². The van der Waals surface area contributed by atoms with E-state index in [0.717, 1.165) is 0 Å². The number of rotatable bonds is 6. The SMILES string of the molecule is Cc1cc(N2CCCS2(=O)=O)ccc1C(=O)N[C@@H](CC(C)C)C(=O)O. The van der Waals surface area contributed by atoms with Crippen molar-refractivity contribution >= 4 is 27.6 Å². The molecule has 1 aromatic rings. The number of nitrogens with one attached hydrogen (secondary N) is 1. The minimum absolute atomic E-state index is 0.129. The van der Waals surface area contributed by atoms with Crippen LogP contribution in [0.25, 0.3) is 0 Å². The fraction of sp³-hybridized carbons (Fsp3) is 0.529. The summed E-state index contributed by atoms with van der Waals surface area (Å²) in [7, 11) is -3.28. The molecule has 1 aliphatic heterocycles. The van der Waals surface area contributed by atoms with Crippen molar-refractivity contribution in [1.29, 1.82) is 0 Å². The molecule has 1 amide bonds. The summed E-state index contributed by atoms with van der Waals surface area (Å²) in [5.41, 5.74) is 1.48. The number of anilines is 1. The van der Waals surface area contributed by atoms with Gasteiger partial charge in [-0.25, -0.2) is 13.2 Å². The van der Waals surface area contributed by atoms with Gasteiger partial charge >= 0.3 is 5.97 Å². The van der Waals surface area contributed by atoms with E-state index >= 15 is 0 Å². The molecule has 25 heavy (non-hydrogen) atoms. The van der Waals surface area contributed by atoms with Crippen molar-refractivity contribution in [3.05, 3.63) is 29.3 Å².